The molecule has 0 atom stereocenters. The van der Waals surface area contributed by atoms with Crippen LogP contribution in [0.3, 0.4) is 0 Å². The summed E-state index contributed by atoms with van der Waals surface area (Å²) in [5.74, 6) is 0. The number of halogens is 4. The Morgan fingerprint density at radius 2 is 2.00 bits per heavy atom. The minimum Gasteiger partial charge on any atom is -0.303 e. The monoisotopic (exact) mass is 312 g/mol. The maximum Gasteiger partial charge on any atom is 0.446 e. The van der Waals surface area contributed by atoms with Crippen molar-refractivity contribution in [3.8, 4) is 0 Å². The van der Waals surface area contributed by atoms with Crippen LogP contribution in [-0.2, 0) is 11.2 Å². The number of aryl methyl sites for hydroxylation is 1. The van der Waals surface area contributed by atoms with Gasteiger partial charge in [0.25, 0.3) is 0 Å². The molecule has 88 valence electrons. The molecule has 0 N–H and O–H groups in total. The average molecular weight is 313 g/mol. The van der Waals surface area contributed by atoms with Crippen molar-refractivity contribution in [2.45, 2.75) is 23.2 Å². The van der Waals surface area contributed by atoms with Gasteiger partial charge in [-0.05, 0) is 41.9 Å². The average Bonchev–Trinajstić information content (AvgIpc) is 2.10. The SMILES string of the molecule is O=CCCc1cc(Br)cc(SC(F)(F)F)c1. The second-order valence-corrected chi connectivity index (χ2v) is 5.10. The first-order chi connectivity index (χ1) is 7.40. The molecule has 0 bridgehead atoms. The highest BCUT2D eigenvalue weighted by Crippen LogP contribution is 2.38. The van der Waals surface area contributed by atoms with Crippen molar-refractivity contribution in [1.29, 1.82) is 0 Å². The van der Waals surface area contributed by atoms with Gasteiger partial charge in [0.05, 0.1) is 0 Å². The van der Waals surface area contributed by atoms with Crippen molar-refractivity contribution >= 4 is 34.0 Å². The van der Waals surface area contributed by atoms with Gasteiger partial charge in [0.15, 0.2) is 0 Å². The van der Waals surface area contributed by atoms with E-state index in [0.717, 1.165) is 6.29 Å². The quantitative estimate of drug-likeness (QED) is 0.612. The van der Waals surface area contributed by atoms with Crippen molar-refractivity contribution in [3.63, 3.8) is 0 Å². The third kappa shape index (κ3) is 5.03. The molecule has 1 nitrogen and oxygen atoms in total. The van der Waals surface area contributed by atoms with Crippen molar-refractivity contribution in [1.82, 2.24) is 0 Å². The molecule has 0 amide bonds. The maximum atomic E-state index is 12.1. The Bertz CT molecular complexity index is 379. The topological polar surface area (TPSA) is 17.1 Å². The van der Waals surface area contributed by atoms with Crippen molar-refractivity contribution in [3.05, 3.63) is 28.2 Å². The molecular formula is C10H8BrF3OS. The second-order valence-electron chi connectivity index (χ2n) is 3.05. The normalized spacial score (nSPS) is 11.5. The van der Waals surface area contributed by atoms with E-state index < -0.39 is 5.51 Å². The number of alkyl halides is 3. The van der Waals surface area contributed by atoms with Crippen LogP contribution < -0.4 is 0 Å². The predicted octanol–water partition coefficient (Wildman–Crippen LogP) is 4.19. The Morgan fingerprint density at radius 3 is 2.56 bits per heavy atom. The van der Waals surface area contributed by atoms with E-state index in [1.54, 1.807) is 6.07 Å². The Kier molecular flexibility index (Phi) is 4.86. The highest BCUT2D eigenvalue weighted by Gasteiger charge is 2.29. The van der Waals surface area contributed by atoms with E-state index in [0.29, 0.717) is 22.9 Å². The first kappa shape index (κ1) is 13.6. The van der Waals surface area contributed by atoms with Crippen LogP contribution in [0.2, 0.25) is 0 Å². The molecule has 0 saturated heterocycles. The Hall–Kier alpha value is -0.490. The van der Waals surface area contributed by atoms with Crippen molar-refractivity contribution in [2.75, 3.05) is 0 Å². The molecule has 1 rings (SSSR count). The maximum absolute atomic E-state index is 12.1. The predicted molar refractivity (Wildman–Crippen MR) is 60.4 cm³/mol. The Labute approximate surface area is 104 Å². The van der Waals surface area contributed by atoms with Gasteiger partial charge in [-0.15, -0.1) is 0 Å². The van der Waals surface area contributed by atoms with Gasteiger partial charge >= 0.3 is 5.51 Å². The van der Waals surface area contributed by atoms with Crippen LogP contribution in [-0.4, -0.2) is 11.8 Å². The summed E-state index contributed by atoms with van der Waals surface area (Å²) in [6, 6.07) is 4.57. The lowest BCUT2D eigenvalue weighted by Crippen LogP contribution is -1.99. The molecule has 0 aliphatic rings. The van der Waals surface area contributed by atoms with E-state index >= 15 is 0 Å². The third-order valence-corrected chi connectivity index (χ3v) is 2.88. The summed E-state index contributed by atoms with van der Waals surface area (Å²) in [4.78, 5) is 10.3. The molecule has 0 aromatic heterocycles. The molecule has 0 saturated carbocycles. The molecule has 6 heteroatoms. The van der Waals surface area contributed by atoms with Crippen LogP contribution in [0.4, 0.5) is 13.2 Å². The fraction of sp³-hybridized carbons (Fsp3) is 0.300. The number of aldehydes is 1. The first-order valence-electron chi connectivity index (χ1n) is 4.39. The molecule has 1 aromatic carbocycles. The zero-order valence-corrected chi connectivity index (χ0v) is 10.5. The van der Waals surface area contributed by atoms with Crippen LogP contribution in [0.5, 0.6) is 0 Å². The van der Waals surface area contributed by atoms with Gasteiger partial charge in [-0.3, -0.25) is 0 Å². The highest BCUT2D eigenvalue weighted by atomic mass is 79.9. The smallest absolute Gasteiger partial charge is 0.303 e. The summed E-state index contributed by atoms with van der Waals surface area (Å²) in [7, 11) is 0. The lowest BCUT2D eigenvalue weighted by atomic mass is 10.1. The molecule has 0 aliphatic heterocycles. The molecule has 0 radical (unpaired) electrons. The van der Waals surface area contributed by atoms with Crippen LogP contribution in [0, 0.1) is 0 Å². The number of hydrogen-bond acceptors (Lipinski definition) is 2. The second kappa shape index (κ2) is 5.72. The number of benzene rings is 1. The van der Waals surface area contributed by atoms with Gasteiger partial charge in [-0.2, -0.15) is 13.2 Å². The zero-order valence-electron chi connectivity index (χ0n) is 8.05. The molecular weight excluding hydrogens is 305 g/mol. The first-order valence-corrected chi connectivity index (χ1v) is 6.00. The number of carbonyl (C=O) groups excluding carboxylic acids is 1. The number of carbonyl (C=O) groups is 1. The lowest BCUT2D eigenvalue weighted by molar-refractivity contribution is -0.107. The molecule has 16 heavy (non-hydrogen) atoms. The van der Waals surface area contributed by atoms with Crippen LogP contribution in [0.25, 0.3) is 0 Å². The fourth-order valence-corrected chi connectivity index (χ4v) is 2.54. The van der Waals surface area contributed by atoms with Gasteiger partial charge in [-0.1, -0.05) is 15.9 Å². The van der Waals surface area contributed by atoms with Gasteiger partial charge < -0.3 is 4.79 Å². The number of rotatable bonds is 4. The standard InChI is InChI=1S/C10H8BrF3OS/c11-8-4-7(2-1-3-15)5-9(6-8)16-10(12,13)14/h3-6H,1-2H2. The van der Waals surface area contributed by atoms with Crippen LogP contribution >= 0.6 is 27.7 Å². The van der Waals surface area contributed by atoms with Crippen molar-refractivity contribution < 1.29 is 18.0 Å². The fourth-order valence-electron chi connectivity index (χ4n) is 1.18. The van der Waals surface area contributed by atoms with Gasteiger partial charge in [0.2, 0.25) is 0 Å². The Morgan fingerprint density at radius 1 is 1.31 bits per heavy atom. The zero-order chi connectivity index (χ0) is 12.2. The summed E-state index contributed by atoms with van der Waals surface area (Å²) in [5.41, 5.74) is -3.57. The van der Waals surface area contributed by atoms with E-state index in [2.05, 4.69) is 15.9 Å². The molecule has 0 unspecified atom stereocenters. The van der Waals surface area contributed by atoms with E-state index in [9.17, 15) is 18.0 Å². The van der Waals surface area contributed by atoms with E-state index in [1.807, 2.05) is 0 Å². The van der Waals surface area contributed by atoms with Gasteiger partial charge in [0.1, 0.15) is 6.29 Å². The van der Waals surface area contributed by atoms with Gasteiger partial charge in [-0.25, -0.2) is 0 Å². The summed E-state index contributed by atoms with van der Waals surface area (Å²) in [6.07, 6.45) is 1.51. The largest absolute Gasteiger partial charge is 0.446 e. The van der Waals surface area contributed by atoms with E-state index in [4.69, 9.17) is 0 Å². The number of thioether (sulfide) groups is 1. The van der Waals surface area contributed by atoms with Crippen molar-refractivity contribution in [2.24, 2.45) is 0 Å². The molecule has 0 fully saturated rings. The minimum absolute atomic E-state index is 0.128. The Balaban J connectivity index is 2.85. The highest BCUT2D eigenvalue weighted by molar-refractivity contribution is 9.10. The third-order valence-electron chi connectivity index (χ3n) is 1.72. The summed E-state index contributed by atoms with van der Waals surface area (Å²) >= 11 is 2.99. The summed E-state index contributed by atoms with van der Waals surface area (Å²) < 4.78 is 37.0. The van der Waals surface area contributed by atoms with Crippen LogP contribution in [0.15, 0.2) is 27.6 Å². The lowest BCUT2D eigenvalue weighted by Gasteiger charge is -2.08. The number of hydrogen-bond donors (Lipinski definition) is 0. The summed E-state index contributed by atoms with van der Waals surface area (Å²) in [5, 5.41) is 0. The van der Waals surface area contributed by atoms with Gasteiger partial charge in [0, 0.05) is 15.8 Å². The molecule has 1 aromatic rings. The van der Waals surface area contributed by atoms with Crippen LogP contribution in [0.1, 0.15) is 12.0 Å². The van der Waals surface area contributed by atoms with E-state index in [1.165, 1.54) is 12.1 Å². The minimum atomic E-state index is -4.29. The molecule has 0 aliphatic carbocycles. The van der Waals surface area contributed by atoms with E-state index in [-0.39, 0.29) is 16.7 Å². The molecule has 0 spiro atoms. The molecule has 0 heterocycles. The summed E-state index contributed by atoms with van der Waals surface area (Å²) in [6.45, 7) is 0.